The minimum atomic E-state index is 0.364. The summed E-state index contributed by atoms with van der Waals surface area (Å²) in [7, 11) is 2.03. The second kappa shape index (κ2) is 5.54. The summed E-state index contributed by atoms with van der Waals surface area (Å²) in [6, 6.07) is 8.72. The third-order valence-electron chi connectivity index (χ3n) is 4.06. The van der Waals surface area contributed by atoms with Gasteiger partial charge in [-0.05, 0) is 27.0 Å². The Kier molecular flexibility index (Phi) is 3.76. The Hall–Kier alpha value is -1.39. The number of para-hydroxylation sites is 1. The number of thiazole rings is 1. The molecule has 2 unspecified atom stereocenters. The number of ether oxygens (including phenoxy) is 1. The second-order valence-electron chi connectivity index (χ2n) is 5.30. The number of nitrogens with zero attached hydrogens (tertiary/aromatic N) is 1. The first-order chi connectivity index (χ1) is 9.69. The zero-order valence-corrected chi connectivity index (χ0v) is 13.0. The van der Waals surface area contributed by atoms with Crippen molar-refractivity contribution in [1.82, 2.24) is 10.3 Å². The fraction of sp³-hybridized carbons (Fsp3) is 0.438. The molecule has 106 valence electrons. The number of aromatic nitrogens is 1. The maximum atomic E-state index is 5.80. The van der Waals surface area contributed by atoms with Crippen LogP contribution in [0.4, 0.5) is 0 Å². The number of aryl methyl sites for hydroxylation is 2. The number of nitrogens with one attached hydrogen (secondary N) is 1. The quantitative estimate of drug-likeness (QED) is 0.939. The van der Waals surface area contributed by atoms with Gasteiger partial charge in [-0.25, -0.2) is 4.98 Å². The van der Waals surface area contributed by atoms with Crippen LogP contribution >= 0.6 is 11.3 Å². The SMILES string of the molecule is CNC(Cc1nc(C)c(C)s1)C1COc2ccccc21. The molecule has 2 heterocycles. The first kappa shape index (κ1) is 13.6. The van der Waals surface area contributed by atoms with E-state index in [0.717, 1.165) is 24.5 Å². The van der Waals surface area contributed by atoms with Crippen molar-refractivity contribution in [3.8, 4) is 5.75 Å². The molecule has 1 N–H and O–H groups in total. The smallest absolute Gasteiger partial charge is 0.122 e. The minimum Gasteiger partial charge on any atom is -0.493 e. The van der Waals surface area contributed by atoms with Gasteiger partial charge in [-0.15, -0.1) is 11.3 Å². The molecule has 0 saturated carbocycles. The molecule has 0 radical (unpaired) electrons. The average molecular weight is 288 g/mol. The number of likely N-dealkylation sites (N-methyl/N-ethyl adjacent to an activating group) is 1. The Balaban J connectivity index is 1.81. The van der Waals surface area contributed by atoms with Crippen molar-refractivity contribution in [3.05, 3.63) is 45.4 Å². The fourth-order valence-corrected chi connectivity index (χ4v) is 3.77. The standard InChI is InChI=1S/C16H20N2OS/c1-10-11(2)20-16(18-10)8-14(17-3)13-9-19-15-7-5-4-6-12(13)15/h4-7,13-14,17H,8-9H2,1-3H3. The van der Waals surface area contributed by atoms with Crippen molar-refractivity contribution in [2.45, 2.75) is 32.2 Å². The van der Waals surface area contributed by atoms with Gasteiger partial charge in [0.25, 0.3) is 0 Å². The number of hydrogen-bond donors (Lipinski definition) is 1. The van der Waals surface area contributed by atoms with E-state index < -0.39 is 0 Å². The van der Waals surface area contributed by atoms with Crippen LogP contribution in [0.15, 0.2) is 24.3 Å². The van der Waals surface area contributed by atoms with Crippen LogP contribution in [-0.2, 0) is 6.42 Å². The normalized spacial score (nSPS) is 18.6. The van der Waals surface area contributed by atoms with Gasteiger partial charge in [0.15, 0.2) is 0 Å². The molecule has 0 spiro atoms. The zero-order chi connectivity index (χ0) is 14.1. The summed E-state index contributed by atoms with van der Waals surface area (Å²) in [5.74, 6) is 1.44. The molecule has 0 bridgehead atoms. The van der Waals surface area contributed by atoms with Gasteiger partial charge >= 0.3 is 0 Å². The first-order valence-electron chi connectivity index (χ1n) is 7.01. The number of hydrogen-bond acceptors (Lipinski definition) is 4. The van der Waals surface area contributed by atoms with E-state index in [1.54, 1.807) is 11.3 Å². The summed E-state index contributed by atoms with van der Waals surface area (Å²) in [5.41, 5.74) is 2.47. The van der Waals surface area contributed by atoms with Crippen LogP contribution in [0.5, 0.6) is 5.75 Å². The molecule has 1 aromatic carbocycles. The van der Waals surface area contributed by atoms with E-state index in [4.69, 9.17) is 4.74 Å². The average Bonchev–Trinajstić information content (AvgIpc) is 3.00. The summed E-state index contributed by atoms with van der Waals surface area (Å²) in [6.07, 6.45) is 0.957. The Morgan fingerprint density at radius 3 is 2.90 bits per heavy atom. The van der Waals surface area contributed by atoms with E-state index in [0.29, 0.717) is 12.0 Å². The van der Waals surface area contributed by atoms with E-state index in [1.807, 2.05) is 13.1 Å². The Morgan fingerprint density at radius 2 is 2.20 bits per heavy atom. The third-order valence-corrected chi connectivity index (χ3v) is 5.16. The third kappa shape index (κ3) is 2.45. The van der Waals surface area contributed by atoms with Crippen molar-refractivity contribution < 1.29 is 4.74 Å². The van der Waals surface area contributed by atoms with Crippen molar-refractivity contribution >= 4 is 11.3 Å². The van der Waals surface area contributed by atoms with Crippen LogP contribution < -0.4 is 10.1 Å². The predicted octanol–water partition coefficient (Wildman–Crippen LogP) is 3.07. The van der Waals surface area contributed by atoms with Gasteiger partial charge < -0.3 is 10.1 Å². The molecule has 4 heteroatoms. The summed E-state index contributed by atoms with van der Waals surface area (Å²) in [6.45, 7) is 4.98. The summed E-state index contributed by atoms with van der Waals surface area (Å²) < 4.78 is 5.80. The largest absolute Gasteiger partial charge is 0.493 e. The Morgan fingerprint density at radius 1 is 1.40 bits per heavy atom. The second-order valence-corrected chi connectivity index (χ2v) is 6.59. The maximum Gasteiger partial charge on any atom is 0.122 e. The van der Waals surface area contributed by atoms with Crippen LogP contribution in [0.3, 0.4) is 0 Å². The molecule has 20 heavy (non-hydrogen) atoms. The van der Waals surface area contributed by atoms with Gasteiger partial charge in [0, 0.05) is 28.8 Å². The van der Waals surface area contributed by atoms with E-state index >= 15 is 0 Å². The van der Waals surface area contributed by atoms with E-state index in [1.165, 1.54) is 15.4 Å². The Bertz CT molecular complexity index is 589. The lowest BCUT2D eigenvalue weighted by Gasteiger charge is -2.21. The van der Waals surface area contributed by atoms with Gasteiger partial charge in [-0.2, -0.15) is 0 Å². The fourth-order valence-electron chi connectivity index (χ4n) is 2.78. The number of benzene rings is 1. The zero-order valence-electron chi connectivity index (χ0n) is 12.1. The molecule has 3 nitrogen and oxygen atoms in total. The molecule has 0 amide bonds. The minimum absolute atomic E-state index is 0.364. The molecular formula is C16H20N2OS. The van der Waals surface area contributed by atoms with Crippen LogP contribution in [0.25, 0.3) is 0 Å². The monoisotopic (exact) mass is 288 g/mol. The van der Waals surface area contributed by atoms with Crippen molar-refractivity contribution in [2.24, 2.45) is 0 Å². The van der Waals surface area contributed by atoms with Crippen molar-refractivity contribution in [2.75, 3.05) is 13.7 Å². The van der Waals surface area contributed by atoms with E-state index in [2.05, 4.69) is 42.3 Å². The van der Waals surface area contributed by atoms with Crippen molar-refractivity contribution in [1.29, 1.82) is 0 Å². The lowest BCUT2D eigenvalue weighted by molar-refractivity contribution is 0.302. The predicted molar refractivity (Wildman–Crippen MR) is 82.8 cm³/mol. The lowest BCUT2D eigenvalue weighted by atomic mass is 9.91. The van der Waals surface area contributed by atoms with Crippen molar-refractivity contribution in [3.63, 3.8) is 0 Å². The van der Waals surface area contributed by atoms with Crippen LogP contribution in [0.1, 0.15) is 27.1 Å². The molecular weight excluding hydrogens is 268 g/mol. The van der Waals surface area contributed by atoms with Gasteiger partial charge in [0.2, 0.25) is 0 Å². The molecule has 1 aliphatic heterocycles. The van der Waals surface area contributed by atoms with Gasteiger partial charge in [0.1, 0.15) is 5.75 Å². The topological polar surface area (TPSA) is 34.2 Å². The highest BCUT2D eigenvalue weighted by Gasteiger charge is 2.31. The maximum absolute atomic E-state index is 5.80. The molecule has 2 aromatic rings. The molecule has 1 aromatic heterocycles. The number of rotatable bonds is 4. The van der Waals surface area contributed by atoms with Crippen LogP contribution in [0, 0.1) is 13.8 Å². The lowest BCUT2D eigenvalue weighted by Crippen LogP contribution is -2.35. The molecule has 0 aliphatic carbocycles. The summed E-state index contributed by atoms with van der Waals surface area (Å²) in [4.78, 5) is 5.98. The summed E-state index contributed by atoms with van der Waals surface area (Å²) >= 11 is 1.81. The van der Waals surface area contributed by atoms with Crippen LogP contribution in [-0.4, -0.2) is 24.7 Å². The van der Waals surface area contributed by atoms with Crippen LogP contribution in [0.2, 0.25) is 0 Å². The number of fused-ring (bicyclic) bond motifs is 1. The highest BCUT2D eigenvalue weighted by Crippen LogP contribution is 2.36. The highest BCUT2D eigenvalue weighted by atomic mass is 32.1. The van der Waals surface area contributed by atoms with Gasteiger partial charge in [-0.3, -0.25) is 0 Å². The molecule has 1 aliphatic rings. The first-order valence-corrected chi connectivity index (χ1v) is 7.82. The highest BCUT2D eigenvalue weighted by molar-refractivity contribution is 7.11. The summed E-state index contributed by atoms with van der Waals surface area (Å²) in [5, 5.41) is 4.66. The van der Waals surface area contributed by atoms with Gasteiger partial charge in [-0.1, -0.05) is 18.2 Å². The van der Waals surface area contributed by atoms with E-state index in [-0.39, 0.29) is 0 Å². The molecule has 0 saturated heterocycles. The Labute approximate surface area is 124 Å². The molecule has 3 rings (SSSR count). The van der Waals surface area contributed by atoms with Gasteiger partial charge in [0.05, 0.1) is 17.3 Å². The molecule has 0 fully saturated rings. The van der Waals surface area contributed by atoms with E-state index in [9.17, 15) is 0 Å². The molecule has 2 atom stereocenters.